The lowest BCUT2D eigenvalue weighted by Gasteiger charge is -2.34. The number of hydrogen-bond donors (Lipinski definition) is 1. The van der Waals surface area contributed by atoms with Crippen LogP contribution in [0.3, 0.4) is 0 Å². The quantitative estimate of drug-likeness (QED) is 0.858. The van der Waals surface area contributed by atoms with Gasteiger partial charge in [0.25, 0.3) is 5.91 Å². The van der Waals surface area contributed by atoms with Crippen molar-refractivity contribution in [2.24, 2.45) is 0 Å². The predicted molar refractivity (Wildman–Crippen MR) is 107 cm³/mol. The summed E-state index contributed by atoms with van der Waals surface area (Å²) in [5.74, 6) is 0.668. The van der Waals surface area contributed by atoms with Crippen molar-refractivity contribution >= 4 is 17.5 Å². The summed E-state index contributed by atoms with van der Waals surface area (Å²) in [6.07, 6.45) is 0. The fourth-order valence-corrected chi connectivity index (χ4v) is 3.35. The molecule has 0 aliphatic carbocycles. The van der Waals surface area contributed by atoms with E-state index in [0.717, 1.165) is 11.3 Å². The van der Waals surface area contributed by atoms with E-state index in [4.69, 9.17) is 4.52 Å². The van der Waals surface area contributed by atoms with E-state index in [2.05, 4.69) is 15.4 Å². The van der Waals surface area contributed by atoms with Crippen LogP contribution >= 0.6 is 0 Å². The second kappa shape index (κ2) is 8.56. The highest BCUT2D eigenvalue weighted by molar-refractivity contribution is 5.96. The maximum Gasteiger partial charge on any atom is 0.259 e. The minimum Gasteiger partial charge on any atom is -0.360 e. The Bertz CT molecular complexity index is 834. The number of piperazine rings is 1. The highest BCUT2D eigenvalue weighted by Gasteiger charge is 2.29. The van der Waals surface area contributed by atoms with E-state index in [1.54, 1.807) is 6.92 Å². The third kappa shape index (κ3) is 4.59. The molecule has 1 saturated heterocycles. The van der Waals surface area contributed by atoms with Gasteiger partial charge >= 0.3 is 0 Å². The number of nitrogens with zero attached hydrogens (tertiary/aromatic N) is 3. The summed E-state index contributed by atoms with van der Waals surface area (Å²) in [7, 11) is 0. The van der Waals surface area contributed by atoms with Crippen LogP contribution < -0.4 is 5.32 Å². The molecule has 7 nitrogen and oxygen atoms in total. The first-order valence-electron chi connectivity index (χ1n) is 9.69. The van der Waals surface area contributed by atoms with Crippen molar-refractivity contribution in [2.75, 3.05) is 38.0 Å². The first-order valence-corrected chi connectivity index (χ1v) is 9.69. The van der Waals surface area contributed by atoms with Gasteiger partial charge in [0.1, 0.15) is 5.56 Å². The minimum atomic E-state index is -0.0411. The van der Waals surface area contributed by atoms with Crippen LogP contribution in [0.2, 0.25) is 0 Å². The number of carbonyl (C=O) groups excluding carboxylic acids is 2. The smallest absolute Gasteiger partial charge is 0.259 e. The number of amides is 2. The summed E-state index contributed by atoms with van der Waals surface area (Å²) in [4.78, 5) is 29.1. The molecular formula is C21H28N4O3. The SMILES string of the molecule is Cc1ccc(NC(=O)CN2CCN(C(=O)c3c(C)noc3C(C)C)CC2)cc1. The molecule has 2 aromatic rings. The Kier molecular flexibility index (Phi) is 6.14. The van der Waals surface area contributed by atoms with Crippen LogP contribution in [-0.4, -0.2) is 59.5 Å². The van der Waals surface area contributed by atoms with Crippen LogP contribution in [0.15, 0.2) is 28.8 Å². The van der Waals surface area contributed by atoms with E-state index in [-0.39, 0.29) is 17.7 Å². The van der Waals surface area contributed by atoms with Gasteiger partial charge in [0, 0.05) is 37.8 Å². The molecule has 0 bridgehead atoms. The standard InChI is InChI=1S/C21H28N4O3/c1-14(2)20-19(16(4)23-28-20)21(27)25-11-9-24(10-12-25)13-18(26)22-17-7-5-15(3)6-8-17/h5-8,14H,9-13H2,1-4H3,(H,22,26). The van der Waals surface area contributed by atoms with Gasteiger partial charge < -0.3 is 14.7 Å². The zero-order valence-corrected chi connectivity index (χ0v) is 17.0. The van der Waals surface area contributed by atoms with Crippen molar-refractivity contribution in [2.45, 2.75) is 33.6 Å². The van der Waals surface area contributed by atoms with Crippen LogP contribution in [0, 0.1) is 13.8 Å². The van der Waals surface area contributed by atoms with Gasteiger partial charge in [-0.25, -0.2) is 0 Å². The van der Waals surface area contributed by atoms with Gasteiger partial charge in [0.15, 0.2) is 5.76 Å². The van der Waals surface area contributed by atoms with Gasteiger partial charge in [0.05, 0.1) is 12.2 Å². The maximum atomic E-state index is 12.9. The largest absolute Gasteiger partial charge is 0.360 e. The number of carbonyl (C=O) groups is 2. The molecule has 2 amide bonds. The van der Waals surface area contributed by atoms with Crippen molar-refractivity contribution in [1.29, 1.82) is 0 Å². The fraction of sp³-hybridized carbons (Fsp3) is 0.476. The molecule has 1 N–H and O–H groups in total. The Hall–Kier alpha value is -2.67. The molecule has 0 spiro atoms. The van der Waals surface area contributed by atoms with Crippen LogP contribution in [0.5, 0.6) is 0 Å². The molecule has 1 fully saturated rings. The average molecular weight is 384 g/mol. The Morgan fingerprint density at radius 2 is 1.75 bits per heavy atom. The van der Waals surface area contributed by atoms with Crippen LogP contribution in [0.25, 0.3) is 0 Å². The molecule has 1 aliphatic rings. The van der Waals surface area contributed by atoms with Crippen LogP contribution in [0.1, 0.15) is 47.1 Å². The highest BCUT2D eigenvalue weighted by atomic mass is 16.5. The second-order valence-corrected chi connectivity index (χ2v) is 7.64. The molecule has 1 aromatic heterocycles. The van der Waals surface area contributed by atoms with Gasteiger partial charge in [-0.2, -0.15) is 0 Å². The number of nitrogens with one attached hydrogen (secondary N) is 1. The zero-order valence-electron chi connectivity index (χ0n) is 17.0. The summed E-state index contributed by atoms with van der Waals surface area (Å²) < 4.78 is 5.35. The van der Waals surface area contributed by atoms with E-state index in [9.17, 15) is 9.59 Å². The molecule has 150 valence electrons. The van der Waals surface area contributed by atoms with E-state index in [0.29, 0.717) is 49.7 Å². The summed E-state index contributed by atoms with van der Waals surface area (Å²) >= 11 is 0. The molecule has 0 atom stereocenters. The van der Waals surface area contributed by atoms with Gasteiger partial charge in [-0.1, -0.05) is 36.7 Å². The number of aryl methyl sites for hydroxylation is 2. The molecule has 1 aromatic carbocycles. The van der Waals surface area contributed by atoms with E-state index in [1.807, 2.05) is 49.9 Å². The molecule has 0 saturated carbocycles. The molecule has 1 aliphatic heterocycles. The monoisotopic (exact) mass is 384 g/mol. The fourth-order valence-electron chi connectivity index (χ4n) is 3.35. The van der Waals surface area contributed by atoms with Crippen LogP contribution in [-0.2, 0) is 4.79 Å². The minimum absolute atomic E-state index is 0.0359. The van der Waals surface area contributed by atoms with Crippen molar-refractivity contribution in [3.05, 3.63) is 46.8 Å². The lowest BCUT2D eigenvalue weighted by Crippen LogP contribution is -2.50. The molecule has 0 radical (unpaired) electrons. The van der Waals surface area contributed by atoms with Crippen LogP contribution in [0.4, 0.5) is 5.69 Å². The zero-order chi connectivity index (χ0) is 20.3. The Labute approximate surface area is 165 Å². The van der Waals surface area contributed by atoms with E-state index in [1.165, 1.54) is 0 Å². The Morgan fingerprint density at radius 1 is 1.11 bits per heavy atom. The Morgan fingerprint density at radius 3 is 2.36 bits per heavy atom. The molecule has 7 heteroatoms. The number of rotatable bonds is 5. The lowest BCUT2D eigenvalue weighted by atomic mass is 10.0. The number of hydrogen-bond acceptors (Lipinski definition) is 5. The third-order valence-corrected chi connectivity index (χ3v) is 4.99. The summed E-state index contributed by atoms with van der Waals surface area (Å²) in [6.45, 7) is 10.6. The molecule has 0 unspecified atom stereocenters. The topological polar surface area (TPSA) is 78.7 Å². The van der Waals surface area contributed by atoms with Gasteiger partial charge in [-0.15, -0.1) is 0 Å². The van der Waals surface area contributed by atoms with E-state index >= 15 is 0 Å². The van der Waals surface area contributed by atoms with Gasteiger partial charge in [-0.05, 0) is 26.0 Å². The summed E-state index contributed by atoms with van der Waals surface area (Å²) in [5.41, 5.74) is 3.17. The van der Waals surface area contributed by atoms with Crippen molar-refractivity contribution in [1.82, 2.24) is 15.0 Å². The predicted octanol–water partition coefficient (Wildman–Crippen LogP) is 2.81. The second-order valence-electron chi connectivity index (χ2n) is 7.64. The number of benzene rings is 1. The first-order chi connectivity index (χ1) is 13.3. The van der Waals surface area contributed by atoms with E-state index < -0.39 is 0 Å². The van der Waals surface area contributed by atoms with Crippen molar-refractivity contribution in [3.63, 3.8) is 0 Å². The van der Waals surface area contributed by atoms with Crippen molar-refractivity contribution in [3.8, 4) is 0 Å². The van der Waals surface area contributed by atoms with Crippen molar-refractivity contribution < 1.29 is 14.1 Å². The maximum absolute atomic E-state index is 12.9. The summed E-state index contributed by atoms with van der Waals surface area (Å²) in [5, 5.41) is 6.89. The highest BCUT2D eigenvalue weighted by Crippen LogP contribution is 2.24. The molecule has 3 rings (SSSR count). The average Bonchev–Trinajstić information content (AvgIpc) is 3.05. The first kappa shape index (κ1) is 20.1. The molecular weight excluding hydrogens is 356 g/mol. The van der Waals surface area contributed by atoms with Gasteiger partial charge in [-0.3, -0.25) is 14.5 Å². The molecule has 2 heterocycles. The Balaban J connectivity index is 1.53. The summed E-state index contributed by atoms with van der Waals surface area (Å²) in [6, 6.07) is 7.74. The molecule has 28 heavy (non-hydrogen) atoms. The normalized spacial score (nSPS) is 15.1. The lowest BCUT2D eigenvalue weighted by molar-refractivity contribution is -0.117. The third-order valence-electron chi connectivity index (χ3n) is 4.99. The number of aromatic nitrogens is 1. The number of anilines is 1. The van der Waals surface area contributed by atoms with Gasteiger partial charge in [0.2, 0.25) is 5.91 Å².